The first-order chi connectivity index (χ1) is 5.63. The van der Waals surface area contributed by atoms with Crippen molar-refractivity contribution in [1.29, 1.82) is 0 Å². The van der Waals surface area contributed by atoms with Gasteiger partial charge in [-0.1, -0.05) is 32.4 Å². The summed E-state index contributed by atoms with van der Waals surface area (Å²) in [6.45, 7) is 10.9. The van der Waals surface area contributed by atoms with Gasteiger partial charge in [0.05, 0.1) is 12.7 Å². The molecular weight excluding hydrogens is 152 g/mol. The molecule has 0 aromatic heterocycles. The van der Waals surface area contributed by atoms with E-state index in [2.05, 4.69) is 20.1 Å². The summed E-state index contributed by atoms with van der Waals surface area (Å²) in [5, 5.41) is 16.8. The molecule has 12 heavy (non-hydrogen) atoms. The molecule has 2 unspecified atom stereocenters. The molecule has 0 aliphatic rings. The molecule has 0 radical (unpaired) electrons. The highest BCUT2D eigenvalue weighted by molar-refractivity contribution is 4.81. The van der Waals surface area contributed by atoms with E-state index in [4.69, 9.17) is 10.2 Å². The predicted octanol–water partition coefficient (Wildman–Crippen LogP) is 1.74. The molecule has 72 valence electrons. The van der Waals surface area contributed by atoms with Crippen LogP contribution in [0.1, 0.15) is 20.3 Å². The number of aliphatic hydroxyl groups excluding tert-OH is 2. The van der Waals surface area contributed by atoms with Gasteiger partial charge in [-0.05, 0) is 5.92 Å². The molecule has 0 fully saturated rings. The molecular formula is C10H20O2. The second-order valence-electron chi connectivity index (χ2n) is 2.58. The molecule has 0 saturated heterocycles. The first-order valence-corrected chi connectivity index (χ1v) is 4.16. The van der Waals surface area contributed by atoms with Gasteiger partial charge < -0.3 is 10.2 Å². The van der Waals surface area contributed by atoms with Crippen molar-refractivity contribution in [2.24, 2.45) is 5.92 Å². The highest BCUT2D eigenvalue weighted by Crippen LogP contribution is 2.06. The zero-order valence-corrected chi connectivity index (χ0v) is 8.03. The lowest BCUT2D eigenvalue weighted by Crippen LogP contribution is -2.12. The predicted molar refractivity (Wildman–Crippen MR) is 52.9 cm³/mol. The average molecular weight is 172 g/mol. The molecule has 2 heteroatoms. The maximum atomic E-state index is 9.01. The Bertz CT molecular complexity index is 110. The van der Waals surface area contributed by atoms with E-state index in [1.165, 1.54) is 6.08 Å². The highest BCUT2D eigenvalue weighted by atomic mass is 16.3. The lowest BCUT2D eigenvalue weighted by molar-refractivity contribution is 0.160. The SMILES string of the molecule is C=CC(O)C(C)CC.C=CCO. The smallest absolute Gasteiger partial charge is 0.0743 e. The number of aliphatic hydroxyl groups is 2. The van der Waals surface area contributed by atoms with Crippen LogP contribution in [0.3, 0.4) is 0 Å². The summed E-state index contributed by atoms with van der Waals surface area (Å²) >= 11 is 0. The maximum absolute atomic E-state index is 9.01. The molecule has 0 saturated carbocycles. The Hall–Kier alpha value is -0.600. The van der Waals surface area contributed by atoms with Gasteiger partial charge in [0, 0.05) is 0 Å². The molecule has 0 amide bonds. The summed E-state index contributed by atoms with van der Waals surface area (Å²) in [5.74, 6) is 0.354. The molecule has 2 N–H and O–H groups in total. The molecule has 0 heterocycles. The minimum absolute atomic E-state index is 0.0833. The second kappa shape index (κ2) is 10.4. The van der Waals surface area contributed by atoms with Crippen LogP contribution in [0.15, 0.2) is 25.3 Å². The molecule has 0 rings (SSSR count). The first-order valence-electron chi connectivity index (χ1n) is 4.16. The Balaban J connectivity index is 0. The van der Waals surface area contributed by atoms with Gasteiger partial charge in [-0.2, -0.15) is 0 Å². The van der Waals surface area contributed by atoms with Crippen LogP contribution in [-0.2, 0) is 0 Å². The lowest BCUT2D eigenvalue weighted by Gasteiger charge is -2.10. The third-order valence-electron chi connectivity index (χ3n) is 1.60. The van der Waals surface area contributed by atoms with Crippen molar-refractivity contribution in [3.63, 3.8) is 0 Å². The molecule has 2 nitrogen and oxygen atoms in total. The van der Waals surface area contributed by atoms with Crippen molar-refractivity contribution in [2.75, 3.05) is 6.61 Å². The van der Waals surface area contributed by atoms with Crippen LogP contribution < -0.4 is 0 Å². The zero-order valence-electron chi connectivity index (χ0n) is 8.03. The van der Waals surface area contributed by atoms with Crippen LogP contribution in [0.5, 0.6) is 0 Å². The Labute approximate surface area is 75.2 Å². The van der Waals surface area contributed by atoms with Crippen molar-refractivity contribution in [1.82, 2.24) is 0 Å². The Kier molecular flexibility index (Phi) is 12.1. The molecule has 0 spiro atoms. The van der Waals surface area contributed by atoms with Gasteiger partial charge in [-0.15, -0.1) is 13.2 Å². The third-order valence-corrected chi connectivity index (χ3v) is 1.60. The standard InChI is InChI=1S/C7H14O.C3H6O/c1-4-6(3)7(8)5-2;1-2-3-4/h5-8H,2,4H2,1,3H3;2,4H,1,3H2. The van der Waals surface area contributed by atoms with E-state index >= 15 is 0 Å². The van der Waals surface area contributed by atoms with Gasteiger partial charge in [-0.3, -0.25) is 0 Å². The fourth-order valence-corrected chi connectivity index (χ4v) is 0.474. The van der Waals surface area contributed by atoms with Gasteiger partial charge in [0.2, 0.25) is 0 Å². The Morgan fingerprint density at radius 3 is 1.92 bits per heavy atom. The van der Waals surface area contributed by atoms with Crippen LogP contribution in [0, 0.1) is 5.92 Å². The molecule has 2 atom stereocenters. The first kappa shape index (κ1) is 14.0. The molecule has 0 aliphatic carbocycles. The minimum Gasteiger partial charge on any atom is -0.392 e. The molecule has 0 bridgehead atoms. The zero-order chi connectivity index (χ0) is 9.98. The van der Waals surface area contributed by atoms with Crippen LogP contribution in [-0.4, -0.2) is 22.9 Å². The molecule has 0 aliphatic heterocycles. The van der Waals surface area contributed by atoms with Crippen LogP contribution in [0.25, 0.3) is 0 Å². The van der Waals surface area contributed by atoms with Crippen molar-refractivity contribution in [2.45, 2.75) is 26.4 Å². The topological polar surface area (TPSA) is 40.5 Å². The minimum atomic E-state index is -0.319. The van der Waals surface area contributed by atoms with E-state index < -0.39 is 0 Å². The highest BCUT2D eigenvalue weighted by Gasteiger charge is 2.05. The van der Waals surface area contributed by atoms with E-state index in [9.17, 15) is 0 Å². The van der Waals surface area contributed by atoms with Crippen LogP contribution in [0.2, 0.25) is 0 Å². The summed E-state index contributed by atoms with van der Waals surface area (Å²) in [6, 6.07) is 0. The van der Waals surface area contributed by atoms with Crippen molar-refractivity contribution < 1.29 is 10.2 Å². The molecule has 0 aromatic rings. The monoisotopic (exact) mass is 172 g/mol. The van der Waals surface area contributed by atoms with Gasteiger partial charge >= 0.3 is 0 Å². The Morgan fingerprint density at radius 2 is 1.83 bits per heavy atom. The van der Waals surface area contributed by atoms with Gasteiger partial charge in [0.1, 0.15) is 0 Å². The van der Waals surface area contributed by atoms with Gasteiger partial charge in [0.25, 0.3) is 0 Å². The number of rotatable bonds is 4. The van der Waals surface area contributed by atoms with Crippen molar-refractivity contribution >= 4 is 0 Å². The van der Waals surface area contributed by atoms with E-state index in [1.54, 1.807) is 6.08 Å². The normalized spacial score (nSPS) is 13.7. The van der Waals surface area contributed by atoms with E-state index in [-0.39, 0.29) is 12.7 Å². The van der Waals surface area contributed by atoms with E-state index in [0.29, 0.717) is 5.92 Å². The fraction of sp³-hybridized carbons (Fsp3) is 0.600. The Morgan fingerprint density at radius 1 is 1.42 bits per heavy atom. The summed E-state index contributed by atoms with van der Waals surface area (Å²) in [5.41, 5.74) is 0. The van der Waals surface area contributed by atoms with Crippen LogP contribution >= 0.6 is 0 Å². The maximum Gasteiger partial charge on any atom is 0.0743 e. The molecule has 0 aromatic carbocycles. The third kappa shape index (κ3) is 9.40. The van der Waals surface area contributed by atoms with Crippen molar-refractivity contribution in [3.8, 4) is 0 Å². The summed E-state index contributed by atoms with van der Waals surface area (Å²) in [6.07, 6.45) is 3.70. The van der Waals surface area contributed by atoms with Crippen LogP contribution in [0.4, 0.5) is 0 Å². The average Bonchev–Trinajstić information content (AvgIpc) is 2.15. The van der Waals surface area contributed by atoms with Crippen molar-refractivity contribution in [3.05, 3.63) is 25.3 Å². The van der Waals surface area contributed by atoms with E-state index in [1.807, 2.05) is 6.92 Å². The largest absolute Gasteiger partial charge is 0.392 e. The second-order valence-corrected chi connectivity index (χ2v) is 2.58. The summed E-state index contributed by atoms with van der Waals surface area (Å²) in [7, 11) is 0. The van der Waals surface area contributed by atoms with E-state index in [0.717, 1.165) is 6.42 Å². The number of hydrogen-bond acceptors (Lipinski definition) is 2. The summed E-state index contributed by atoms with van der Waals surface area (Å²) < 4.78 is 0. The fourth-order valence-electron chi connectivity index (χ4n) is 0.474. The number of hydrogen-bond donors (Lipinski definition) is 2. The quantitative estimate of drug-likeness (QED) is 0.634. The van der Waals surface area contributed by atoms with Gasteiger partial charge in [-0.25, -0.2) is 0 Å². The summed E-state index contributed by atoms with van der Waals surface area (Å²) in [4.78, 5) is 0. The van der Waals surface area contributed by atoms with Gasteiger partial charge in [0.15, 0.2) is 0 Å². The lowest BCUT2D eigenvalue weighted by atomic mass is 10.0.